The maximum atomic E-state index is 9.49. The molecule has 0 aromatic heterocycles. The van der Waals surface area contributed by atoms with Crippen molar-refractivity contribution in [3.8, 4) is 6.07 Å². The molecule has 0 N–H and O–H groups in total. The highest BCUT2D eigenvalue weighted by Crippen LogP contribution is 2.39. The Kier molecular flexibility index (Phi) is 4.12. The molecule has 0 spiro atoms. The van der Waals surface area contributed by atoms with Crippen LogP contribution in [0.15, 0.2) is 0 Å². The molecule has 0 aliphatic heterocycles. The van der Waals surface area contributed by atoms with Crippen LogP contribution in [-0.4, -0.2) is 24.0 Å². The summed E-state index contributed by atoms with van der Waals surface area (Å²) in [6.07, 6.45) is 10.7. The third-order valence-electron chi connectivity index (χ3n) is 5.52. The van der Waals surface area contributed by atoms with Crippen LogP contribution < -0.4 is 0 Å². The van der Waals surface area contributed by atoms with Crippen LogP contribution in [0.2, 0.25) is 0 Å². The number of rotatable bonds is 6. The minimum Gasteiger partial charge on any atom is -0.299 e. The molecule has 3 aliphatic rings. The molecule has 0 amide bonds. The molecule has 2 heteroatoms. The van der Waals surface area contributed by atoms with E-state index in [4.69, 9.17) is 0 Å². The van der Waals surface area contributed by atoms with Crippen LogP contribution >= 0.6 is 0 Å². The summed E-state index contributed by atoms with van der Waals surface area (Å²) in [6, 6.07) is 3.20. The average molecular weight is 260 g/mol. The van der Waals surface area contributed by atoms with E-state index in [1.165, 1.54) is 58.0 Å². The molecule has 3 unspecified atom stereocenters. The van der Waals surface area contributed by atoms with Gasteiger partial charge in [0.25, 0.3) is 0 Å². The minimum absolute atomic E-state index is 0.306. The first-order valence-electron chi connectivity index (χ1n) is 8.43. The molecule has 3 rings (SSSR count). The molecule has 19 heavy (non-hydrogen) atoms. The zero-order chi connectivity index (χ0) is 13.2. The zero-order valence-electron chi connectivity index (χ0n) is 12.4. The summed E-state index contributed by atoms with van der Waals surface area (Å²) in [6.45, 7) is 4.89. The fraction of sp³-hybridized carbons (Fsp3) is 0.941. The molecule has 0 aromatic carbocycles. The monoisotopic (exact) mass is 260 g/mol. The summed E-state index contributed by atoms with van der Waals surface area (Å²) in [7, 11) is 0. The minimum atomic E-state index is 0.306. The summed E-state index contributed by atoms with van der Waals surface area (Å²) in [5, 5.41) is 9.49. The molecular formula is C17H28N2. The molecule has 0 bridgehead atoms. The lowest BCUT2D eigenvalue weighted by molar-refractivity contribution is 0.0905. The second kappa shape index (κ2) is 5.83. The van der Waals surface area contributed by atoms with Crippen molar-refractivity contribution in [3.63, 3.8) is 0 Å². The first kappa shape index (κ1) is 13.4. The van der Waals surface area contributed by atoms with Gasteiger partial charge in [-0.05, 0) is 62.7 Å². The van der Waals surface area contributed by atoms with Gasteiger partial charge in [0.2, 0.25) is 0 Å². The van der Waals surface area contributed by atoms with Crippen molar-refractivity contribution in [1.29, 1.82) is 5.26 Å². The Bertz CT molecular complexity index is 324. The van der Waals surface area contributed by atoms with Gasteiger partial charge in [-0.2, -0.15) is 5.26 Å². The van der Waals surface area contributed by atoms with Gasteiger partial charge in [0.05, 0.1) is 12.0 Å². The van der Waals surface area contributed by atoms with Gasteiger partial charge in [-0.1, -0.05) is 13.3 Å². The molecule has 0 saturated heterocycles. The van der Waals surface area contributed by atoms with E-state index in [9.17, 15) is 5.26 Å². The van der Waals surface area contributed by atoms with Gasteiger partial charge >= 0.3 is 0 Å². The fourth-order valence-electron chi connectivity index (χ4n) is 3.77. The largest absolute Gasteiger partial charge is 0.299 e. The Labute approximate surface area is 118 Å². The summed E-state index contributed by atoms with van der Waals surface area (Å²) in [4.78, 5) is 2.74. The predicted octanol–water partition coefficient (Wildman–Crippen LogP) is 3.83. The quantitative estimate of drug-likeness (QED) is 0.726. The normalized spacial score (nSPS) is 35.3. The van der Waals surface area contributed by atoms with Crippen LogP contribution in [0, 0.1) is 35.0 Å². The first-order valence-corrected chi connectivity index (χ1v) is 8.43. The van der Waals surface area contributed by atoms with Gasteiger partial charge < -0.3 is 0 Å². The number of nitriles is 1. The van der Waals surface area contributed by atoms with Gasteiger partial charge in [0.15, 0.2) is 0 Å². The van der Waals surface area contributed by atoms with E-state index in [2.05, 4.69) is 17.9 Å². The van der Waals surface area contributed by atoms with Crippen LogP contribution in [0.1, 0.15) is 58.3 Å². The highest BCUT2D eigenvalue weighted by molar-refractivity contribution is 4.99. The van der Waals surface area contributed by atoms with E-state index in [0.717, 1.165) is 24.2 Å². The molecule has 3 fully saturated rings. The predicted molar refractivity (Wildman–Crippen MR) is 77.5 cm³/mol. The van der Waals surface area contributed by atoms with Crippen LogP contribution in [0.5, 0.6) is 0 Å². The van der Waals surface area contributed by atoms with E-state index in [1.54, 1.807) is 0 Å². The fourth-order valence-corrected chi connectivity index (χ4v) is 3.77. The molecule has 3 atom stereocenters. The van der Waals surface area contributed by atoms with Gasteiger partial charge in [-0.15, -0.1) is 0 Å². The van der Waals surface area contributed by atoms with Crippen LogP contribution in [-0.2, 0) is 0 Å². The van der Waals surface area contributed by atoms with Gasteiger partial charge in [0, 0.05) is 19.1 Å². The Hall–Kier alpha value is -0.550. The topological polar surface area (TPSA) is 27.0 Å². The lowest BCUT2D eigenvalue weighted by atomic mass is 9.77. The van der Waals surface area contributed by atoms with Crippen LogP contribution in [0.4, 0.5) is 0 Å². The van der Waals surface area contributed by atoms with Crippen molar-refractivity contribution in [2.24, 2.45) is 23.7 Å². The Morgan fingerprint density at radius 3 is 2.00 bits per heavy atom. The Morgan fingerprint density at radius 1 is 0.947 bits per heavy atom. The number of hydrogen-bond donors (Lipinski definition) is 0. The van der Waals surface area contributed by atoms with E-state index in [0.29, 0.717) is 12.0 Å². The summed E-state index contributed by atoms with van der Waals surface area (Å²) in [5.74, 6) is 3.09. The average Bonchev–Trinajstić information content (AvgIpc) is 3.32. The van der Waals surface area contributed by atoms with E-state index < -0.39 is 0 Å². The number of nitrogens with zero attached hydrogens (tertiary/aromatic N) is 2. The maximum absolute atomic E-state index is 9.49. The van der Waals surface area contributed by atoms with Gasteiger partial charge in [-0.25, -0.2) is 0 Å². The second-order valence-corrected chi connectivity index (χ2v) is 7.23. The SMILES string of the molecule is CCC1CCC(C#N)C(N(CC2CC2)CC2CC2)C1. The molecule has 3 saturated carbocycles. The Morgan fingerprint density at radius 2 is 1.53 bits per heavy atom. The molecular weight excluding hydrogens is 232 g/mol. The first-order chi connectivity index (χ1) is 9.30. The van der Waals surface area contributed by atoms with Crippen LogP contribution in [0.25, 0.3) is 0 Å². The Balaban J connectivity index is 1.66. The molecule has 0 aromatic rings. The van der Waals surface area contributed by atoms with Crippen molar-refractivity contribution in [2.45, 2.75) is 64.3 Å². The molecule has 0 heterocycles. The third kappa shape index (κ3) is 3.51. The lowest BCUT2D eigenvalue weighted by Gasteiger charge is -2.40. The summed E-state index contributed by atoms with van der Waals surface area (Å²) < 4.78 is 0. The van der Waals surface area contributed by atoms with Crippen molar-refractivity contribution in [1.82, 2.24) is 4.90 Å². The van der Waals surface area contributed by atoms with E-state index in [-0.39, 0.29) is 0 Å². The third-order valence-corrected chi connectivity index (χ3v) is 5.52. The molecule has 2 nitrogen and oxygen atoms in total. The molecule has 0 radical (unpaired) electrons. The zero-order valence-corrected chi connectivity index (χ0v) is 12.4. The van der Waals surface area contributed by atoms with E-state index in [1.807, 2.05) is 0 Å². The summed E-state index contributed by atoms with van der Waals surface area (Å²) >= 11 is 0. The smallest absolute Gasteiger partial charge is 0.0672 e. The van der Waals surface area contributed by atoms with Crippen molar-refractivity contribution < 1.29 is 0 Å². The molecule has 106 valence electrons. The lowest BCUT2D eigenvalue weighted by Crippen LogP contribution is -2.46. The van der Waals surface area contributed by atoms with Gasteiger partial charge in [0.1, 0.15) is 0 Å². The van der Waals surface area contributed by atoms with Gasteiger partial charge in [-0.3, -0.25) is 4.90 Å². The maximum Gasteiger partial charge on any atom is 0.0672 e. The second-order valence-electron chi connectivity index (χ2n) is 7.23. The standard InChI is InChI=1S/C17H28N2/c1-2-13-7-8-16(10-18)17(9-13)19(11-14-3-4-14)12-15-5-6-15/h13-17H,2-9,11-12H2,1H3. The highest BCUT2D eigenvalue weighted by atomic mass is 15.2. The van der Waals surface area contributed by atoms with Crippen molar-refractivity contribution in [3.05, 3.63) is 0 Å². The van der Waals surface area contributed by atoms with Crippen LogP contribution in [0.3, 0.4) is 0 Å². The highest BCUT2D eigenvalue weighted by Gasteiger charge is 2.38. The van der Waals surface area contributed by atoms with Crippen molar-refractivity contribution in [2.75, 3.05) is 13.1 Å². The van der Waals surface area contributed by atoms with Crippen molar-refractivity contribution >= 4 is 0 Å². The number of hydrogen-bond acceptors (Lipinski definition) is 2. The summed E-state index contributed by atoms with van der Waals surface area (Å²) in [5.41, 5.74) is 0. The van der Waals surface area contributed by atoms with E-state index >= 15 is 0 Å². The molecule has 3 aliphatic carbocycles.